The van der Waals surface area contributed by atoms with Crippen LogP contribution in [0.4, 0.5) is 0 Å². The number of nitrogens with one attached hydrogen (secondary N) is 1. The molecule has 0 radical (unpaired) electrons. The van der Waals surface area contributed by atoms with Crippen LogP contribution in [0.5, 0.6) is 11.5 Å². The minimum absolute atomic E-state index is 0.647. The Morgan fingerprint density at radius 2 is 1.95 bits per heavy atom. The first kappa shape index (κ1) is 16.2. The first-order chi connectivity index (χ1) is 10.1. The molecule has 21 heavy (non-hydrogen) atoms. The third-order valence-electron chi connectivity index (χ3n) is 4.72. The van der Waals surface area contributed by atoms with Gasteiger partial charge in [0.2, 0.25) is 0 Å². The molecule has 0 aromatic heterocycles. The number of hydrogen-bond acceptors (Lipinski definition) is 3. The SMILES string of the molecule is CCOc1ccc(CNC2CCC(C)C(C)C2)cc1OC. The van der Waals surface area contributed by atoms with Crippen molar-refractivity contribution in [2.45, 2.75) is 52.6 Å². The van der Waals surface area contributed by atoms with Crippen LogP contribution in [0.3, 0.4) is 0 Å². The van der Waals surface area contributed by atoms with E-state index in [2.05, 4.69) is 31.3 Å². The highest BCUT2D eigenvalue weighted by atomic mass is 16.5. The third kappa shape index (κ3) is 4.37. The molecule has 1 aromatic rings. The summed E-state index contributed by atoms with van der Waals surface area (Å²) in [5.41, 5.74) is 1.25. The van der Waals surface area contributed by atoms with Gasteiger partial charge < -0.3 is 14.8 Å². The van der Waals surface area contributed by atoms with Gasteiger partial charge in [0.25, 0.3) is 0 Å². The first-order valence-electron chi connectivity index (χ1n) is 8.17. The van der Waals surface area contributed by atoms with E-state index < -0.39 is 0 Å². The third-order valence-corrected chi connectivity index (χ3v) is 4.72. The van der Waals surface area contributed by atoms with Crippen LogP contribution >= 0.6 is 0 Å². The summed E-state index contributed by atoms with van der Waals surface area (Å²) in [7, 11) is 1.69. The molecule has 1 aliphatic carbocycles. The van der Waals surface area contributed by atoms with Gasteiger partial charge in [0.1, 0.15) is 0 Å². The molecule has 3 unspecified atom stereocenters. The number of hydrogen-bond donors (Lipinski definition) is 1. The van der Waals surface area contributed by atoms with Crippen molar-refractivity contribution in [1.29, 1.82) is 0 Å². The van der Waals surface area contributed by atoms with Gasteiger partial charge in [0.05, 0.1) is 13.7 Å². The van der Waals surface area contributed by atoms with E-state index in [0.29, 0.717) is 12.6 Å². The quantitative estimate of drug-likeness (QED) is 0.859. The molecular formula is C18H29NO2. The number of rotatable bonds is 6. The Morgan fingerprint density at radius 1 is 1.14 bits per heavy atom. The average molecular weight is 291 g/mol. The van der Waals surface area contributed by atoms with Crippen LogP contribution in [0.15, 0.2) is 18.2 Å². The monoisotopic (exact) mass is 291 g/mol. The van der Waals surface area contributed by atoms with Gasteiger partial charge >= 0.3 is 0 Å². The number of ether oxygens (including phenoxy) is 2. The molecular weight excluding hydrogens is 262 g/mol. The van der Waals surface area contributed by atoms with Crippen molar-refractivity contribution in [3.05, 3.63) is 23.8 Å². The zero-order valence-electron chi connectivity index (χ0n) is 13.8. The van der Waals surface area contributed by atoms with Gasteiger partial charge in [-0.25, -0.2) is 0 Å². The Hall–Kier alpha value is -1.22. The van der Waals surface area contributed by atoms with E-state index in [9.17, 15) is 0 Å². The molecule has 0 heterocycles. The molecule has 1 N–H and O–H groups in total. The summed E-state index contributed by atoms with van der Waals surface area (Å²) >= 11 is 0. The summed E-state index contributed by atoms with van der Waals surface area (Å²) in [6.45, 7) is 8.29. The fraction of sp³-hybridized carbons (Fsp3) is 0.667. The maximum absolute atomic E-state index is 5.56. The molecule has 0 spiro atoms. The second kappa shape index (κ2) is 7.69. The second-order valence-corrected chi connectivity index (χ2v) is 6.26. The highest BCUT2D eigenvalue weighted by molar-refractivity contribution is 5.42. The Bertz CT molecular complexity index is 447. The lowest BCUT2D eigenvalue weighted by Gasteiger charge is -2.32. The van der Waals surface area contributed by atoms with Crippen molar-refractivity contribution in [2.24, 2.45) is 11.8 Å². The van der Waals surface area contributed by atoms with Crippen molar-refractivity contribution in [3.63, 3.8) is 0 Å². The molecule has 3 nitrogen and oxygen atoms in total. The van der Waals surface area contributed by atoms with E-state index in [1.54, 1.807) is 7.11 Å². The molecule has 3 atom stereocenters. The molecule has 1 saturated carbocycles. The molecule has 3 heteroatoms. The fourth-order valence-electron chi connectivity index (χ4n) is 3.09. The predicted octanol–water partition coefficient (Wildman–Crippen LogP) is 4.01. The van der Waals surface area contributed by atoms with E-state index in [0.717, 1.165) is 29.9 Å². The highest BCUT2D eigenvalue weighted by Gasteiger charge is 2.23. The molecule has 0 amide bonds. The lowest BCUT2D eigenvalue weighted by molar-refractivity contribution is 0.225. The van der Waals surface area contributed by atoms with E-state index in [4.69, 9.17) is 9.47 Å². The highest BCUT2D eigenvalue weighted by Crippen LogP contribution is 2.30. The lowest BCUT2D eigenvalue weighted by atomic mass is 9.79. The minimum Gasteiger partial charge on any atom is -0.493 e. The molecule has 1 aromatic carbocycles. The van der Waals surface area contributed by atoms with E-state index >= 15 is 0 Å². The Balaban J connectivity index is 1.91. The summed E-state index contributed by atoms with van der Waals surface area (Å²) in [6.07, 6.45) is 3.92. The zero-order valence-corrected chi connectivity index (χ0v) is 13.8. The molecule has 2 rings (SSSR count). The Kier molecular flexibility index (Phi) is 5.92. The van der Waals surface area contributed by atoms with Crippen LogP contribution in [-0.2, 0) is 6.54 Å². The topological polar surface area (TPSA) is 30.5 Å². The zero-order chi connectivity index (χ0) is 15.2. The summed E-state index contributed by atoms with van der Waals surface area (Å²) in [5, 5.41) is 3.70. The van der Waals surface area contributed by atoms with Crippen molar-refractivity contribution < 1.29 is 9.47 Å². The van der Waals surface area contributed by atoms with Gasteiger partial charge in [-0.2, -0.15) is 0 Å². The molecule has 1 fully saturated rings. The van der Waals surface area contributed by atoms with Gasteiger partial charge in [0, 0.05) is 12.6 Å². The van der Waals surface area contributed by atoms with Crippen LogP contribution in [0, 0.1) is 11.8 Å². The van der Waals surface area contributed by atoms with Crippen molar-refractivity contribution in [3.8, 4) is 11.5 Å². The van der Waals surface area contributed by atoms with E-state index in [1.165, 1.54) is 24.8 Å². The normalized spacial score (nSPS) is 25.6. The van der Waals surface area contributed by atoms with Gasteiger partial charge in [0.15, 0.2) is 11.5 Å². The van der Waals surface area contributed by atoms with E-state index in [-0.39, 0.29) is 0 Å². The van der Waals surface area contributed by atoms with Crippen LogP contribution in [0.25, 0.3) is 0 Å². The smallest absolute Gasteiger partial charge is 0.161 e. The molecule has 1 aliphatic rings. The summed E-state index contributed by atoms with van der Waals surface area (Å²) in [4.78, 5) is 0. The van der Waals surface area contributed by atoms with E-state index in [1.807, 2.05) is 13.0 Å². The van der Waals surface area contributed by atoms with Gasteiger partial charge in [-0.05, 0) is 55.7 Å². The first-order valence-corrected chi connectivity index (χ1v) is 8.17. The number of methoxy groups -OCH3 is 1. The molecule has 0 bridgehead atoms. The summed E-state index contributed by atoms with van der Waals surface area (Å²) in [6, 6.07) is 6.85. The van der Waals surface area contributed by atoms with Gasteiger partial charge in [-0.1, -0.05) is 19.9 Å². The largest absolute Gasteiger partial charge is 0.493 e. The maximum Gasteiger partial charge on any atom is 0.161 e. The standard InChI is InChI=1S/C18H29NO2/c1-5-21-17-9-7-15(11-18(17)20-4)12-19-16-8-6-13(2)14(3)10-16/h7,9,11,13-14,16,19H,5-6,8,10,12H2,1-4H3. The Labute approximate surface area is 129 Å². The summed E-state index contributed by atoms with van der Waals surface area (Å²) < 4.78 is 11.0. The molecule has 0 saturated heterocycles. The fourth-order valence-corrected chi connectivity index (χ4v) is 3.09. The Morgan fingerprint density at radius 3 is 2.62 bits per heavy atom. The van der Waals surface area contributed by atoms with Crippen LogP contribution in [0.2, 0.25) is 0 Å². The van der Waals surface area contributed by atoms with Crippen LogP contribution < -0.4 is 14.8 Å². The predicted molar refractivity (Wildman–Crippen MR) is 87.0 cm³/mol. The van der Waals surface area contributed by atoms with Crippen molar-refractivity contribution in [1.82, 2.24) is 5.32 Å². The molecule has 0 aliphatic heterocycles. The number of benzene rings is 1. The van der Waals surface area contributed by atoms with Crippen LogP contribution in [0.1, 0.15) is 45.6 Å². The second-order valence-electron chi connectivity index (χ2n) is 6.26. The van der Waals surface area contributed by atoms with Crippen LogP contribution in [-0.4, -0.2) is 19.8 Å². The minimum atomic E-state index is 0.647. The van der Waals surface area contributed by atoms with Gasteiger partial charge in [-0.15, -0.1) is 0 Å². The van der Waals surface area contributed by atoms with Gasteiger partial charge in [-0.3, -0.25) is 0 Å². The maximum atomic E-state index is 5.56. The lowest BCUT2D eigenvalue weighted by Crippen LogP contribution is -2.35. The summed E-state index contributed by atoms with van der Waals surface area (Å²) in [5.74, 6) is 3.34. The van der Waals surface area contributed by atoms with Crippen molar-refractivity contribution in [2.75, 3.05) is 13.7 Å². The molecule has 118 valence electrons. The average Bonchev–Trinajstić information content (AvgIpc) is 2.49. The van der Waals surface area contributed by atoms with Crippen molar-refractivity contribution >= 4 is 0 Å².